The molecule has 0 saturated carbocycles. The first-order valence-electron chi connectivity index (χ1n) is 5.97. The molecule has 6 heteroatoms. The summed E-state index contributed by atoms with van der Waals surface area (Å²) in [5.74, 6) is 0.405. The molecule has 1 aromatic carbocycles. The maximum Gasteiger partial charge on any atom is 0.410 e. The van der Waals surface area contributed by atoms with Gasteiger partial charge in [-0.05, 0) is 5.56 Å². The number of rotatable bonds is 1. The summed E-state index contributed by atoms with van der Waals surface area (Å²) >= 11 is 0. The van der Waals surface area contributed by atoms with Crippen LogP contribution in [0.4, 0.5) is 19.0 Å². The molecule has 0 amide bonds. The number of alkyl halides is 3. The fourth-order valence-corrected chi connectivity index (χ4v) is 2.41. The molecule has 2 heterocycles. The highest BCUT2D eigenvalue weighted by molar-refractivity contribution is 5.41. The van der Waals surface area contributed by atoms with Crippen molar-refractivity contribution in [3.63, 3.8) is 0 Å². The standard InChI is InChI=1S/C13H12F3N3/c14-13(15,16)11-8-10(9-4-2-1-3-5-9)18-12-6-7-17-19(11)12/h1-7,10-11,18H,8H2/t10-,11-/m0/s1. The molecule has 0 aliphatic carbocycles. The van der Waals surface area contributed by atoms with Crippen LogP contribution in [-0.2, 0) is 0 Å². The number of anilines is 1. The van der Waals surface area contributed by atoms with Gasteiger partial charge in [0.25, 0.3) is 0 Å². The first-order chi connectivity index (χ1) is 9.05. The van der Waals surface area contributed by atoms with Crippen molar-refractivity contribution in [2.45, 2.75) is 24.7 Å². The molecule has 100 valence electrons. The van der Waals surface area contributed by atoms with Gasteiger partial charge in [-0.25, -0.2) is 4.68 Å². The van der Waals surface area contributed by atoms with Gasteiger partial charge >= 0.3 is 6.18 Å². The van der Waals surface area contributed by atoms with Gasteiger partial charge in [0.05, 0.1) is 12.2 Å². The van der Waals surface area contributed by atoms with E-state index in [0.29, 0.717) is 5.82 Å². The molecule has 0 unspecified atom stereocenters. The Hall–Kier alpha value is -1.98. The van der Waals surface area contributed by atoms with E-state index in [4.69, 9.17) is 0 Å². The van der Waals surface area contributed by atoms with Gasteiger partial charge in [-0.3, -0.25) is 0 Å². The third-order valence-corrected chi connectivity index (χ3v) is 3.33. The zero-order chi connectivity index (χ0) is 13.5. The number of nitrogens with one attached hydrogen (secondary N) is 1. The highest BCUT2D eigenvalue weighted by Gasteiger charge is 2.46. The molecule has 1 aromatic heterocycles. The lowest BCUT2D eigenvalue weighted by atomic mass is 9.97. The van der Waals surface area contributed by atoms with E-state index in [1.165, 1.54) is 6.20 Å². The normalized spacial score (nSPS) is 22.7. The van der Waals surface area contributed by atoms with E-state index in [-0.39, 0.29) is 12.5 Å². The van der Waals surface area contributed by atoms with Gasteiger partial charge in [0, 0.05) is 12.5 Å². The third kappa shape index (κ3) is 2.18. The highest BCUT2D eigenvalue weighted by Crippen LogP contribution is 2.42. The number of benzene rings is 1. The number of hydrogen-bond donors (Lipinski definition) is 1. The Morgan fingerprint density at radius 3 is 2.58 bits per heavy atom. The van der Waals surface area contributed by atoms with Crippen LogP contribution in [0.5, 0.6) is 0 Å². The maximum absolute atomic E-state index is 13.1. The number of aromatic nitrogens is 2. The second-order valence-electron chi connectivity index (χ2n) is 4.56. The Balaban J connectivity index is 1.97. The van der Waals surface area contributed by atoms with Gasteiger partial charge in [-0.15, -0.1) is 0 Å². The molecule has 0 spiro atoms. The Labute approximate surface area is 108 Å². The average Bonchev–Trinajstić information content (AvgIpc) is 2.85. The fraction of sp³-hybridized carbons (Fsp3) is 0.308. The Morgan fingerprint density at radius 1 is 1.16 bits per heavy atom. The highest BCUT2D eigenvalue weighted by atomic mass is 19.4. The first-order valence-corrected chi connectivity index (χ1v) is 5.97. The van der Waals surface area contributed by atoms with Gasteiger partial charge in [-0.2, -0.15) is 18.3 Å². The predicted octanol–water partition coefficient (Wildman–Crippen LogP) is 3.54. The first kappa shape index (κ1) is 12.1. The van der Waals surface area contributed by atoms with Crippen LogP contribution in [0.15, 0.2) is 42.6 Å². The minimum Gasteiger partial charge on any atom is -0.363 e. The molecule has 0 radical (unpaired) electrons. The molecule has 1 N–H and O–H groups in total. The van der Waals surface area contributed by atoms with E-state index in [0.717, 1.165) is 10.2 Å². The summed E-state index contributed by atoms with van der Waals surface area (Å²) in [7, 11) is 0. The van der Waals surface area contributed by atoms with Gasteiger partial charge in [-0.1, -0.05) is 30.3 Å². The van der Waals surface area contributed by atoms with E-state index >= 15 is 0 Å². The molecule has 2 atom stereocenters. The molecule has 3 nitrogen and oxygen atoms in total. The van der Waals surface area contributed by atoms with E-state index in [1.807, 2.05) is 30.3 Å². The predicted molar refractivity (Wildman–Crippen MR) is 64.7 cm³/mol. The lowest BCUT2D eigenvalue weighted by Gasteiger charge is -2.33. The topological polar surface area (TPSA) is 29.9 Å². The quantitative estimate of drug-likeness (QED) is 0.856. The van der Waals surface area contributed by atoms with Crippen molar-refractivity contribution >= 4 is 5.82 Å². The molecule has 0 bridgehead atoms. The monoisotopic (exact) mass is 267 g/mol. The van der Waals surface area contributed by atoms with Crippen LogP contribution in [0.3, 0.4) is 0 Å². The summed E-state index contributed by atoms with van der Waals surface area (Å²) in [6, 6.07) is 8.79. The van der Waals surface area contributed by atoms with E-state index in [2.05, 4.69) is 10.4 Å². The molecular weight excluding hydrogens is 255 g/mol. The van der Waals surface area contributed by atoms with Crippen molar-refractivity contribution < 1.29 is 13.2 Å². The molecule has 0 saturated heterocycles. The van der Waals surface area contributed by atoms with Crippen LogP contribution in [0.2, 0.25) is 0 Å². The zero-order valence-corrected chi connectivity index (χ0v) is 9.93. The summed E-state index contributed by atoms with van der Waals surface area (Å²) in [4.78, 5) is 0. The second kappa shape index (κ2) is 4.29. The van der Waals surface area contributed by atoms with Gasteiger partial charge in [0.2, 0.25) is 0 Å². The number of hydrogen-bond acceptors (Lipinski definition) is 2. The summed E-state index contributed by atoms with van der Waals surface area (Å²) in [6.45, 7) is 0. The van der Waals surface area contributed by atoms with Crippen LogP contribution in [0.25, 0.3) is 0 Å². The van der Waals surface area contributed by atoms with Crippen LogP contribution < -0.4 is 5.32 Å². The van der Waals surface area contributed by atoms with Crippen LogP contribution >= 0.6 is 0 Å². The van der Waals surface area contributed by atoms with Crippen molar-refractivity contribution in [2.75, 3.05) is 5.32 Å². The Kier molecular flexibility index (Phi) is 2.73. The van der Waals surface area contributed by atoms with E-state index < -0.39 is 12.2 Å². The maximum atomic E-state index is 13.1. The Bertz CT molecular complexity index is 562. The molecule has 3 rings (SSSR count). The largest absolute Gasteiger partial charge is 0.410 e. The number of halogens is 3. The zero-order valence-electron chi connectivity index (χ0n) is 9.93. The van der Waals surface area contributed by atoms with E-state index in [1.54, 1.807) is 6.07 Å². The van der Waals surface area contributed by atoms with E-state index in [9.17, 15) is 13.2 Å². The van der Waals surface area contributed by atoms with Crippen molar-refractivity contribution in [2.24, 2.45) is 0 Å². The van der Waals surface area contributed by atoms with Gasteiger partial charge in [0.15, 0.2) is 6.04 Å². The van der Waals surface area contributed by atoms with Crippen LogP contribution in [-0.4, -0.2) is 16.0 Å². The third-order valence-electron chi connectivity index (χ3n) is 3.33. The van der Waals surface area contributed by atoms with Gasteiger partial charge in [0.1, 0.15) is 5.82 Å². The summed E-state index contributed by atoms with van der Waals surface area (Å²) in [5, 5.41) is 6.86. The van der Waals surface area contributed by atoms with Crippen molar-refractivity contribution in [1.29, 1.82) is 0 Å². The molecule has 1 aliphatic rings. The minimum absolute atomic E-state index is 0.0534. The molecule has 0 fully saturated rings. The SMILES string of the molecule is FC(F)(F)[C@@H]1C[C@@H](c2ccccc2)Nc2ccnn21. The fourth-order valence-electron chi connectivity index (χ4n) is 2.41. The van der Waals surface area contributed by atoms with Crippen molar-refractivity contribution in [1.82, 2.24) is 9.78 Å². The van der Waals surface area contributed by atoms with Gasteiger partial charge < -0.3 is 5.32 Å². The lowest BCUT2D eigenvalue weighted by Crippen LogP contribution is -2.35. The number of nitrogens with zero attached hydrogens (tertiary/aromatic N) is 2. The minimum atomic E-state index is -4.30. The van der Waals surface area contributed by atoms with Crippen LogP contribution in [0.1, 0.15) is 24.1 Å². The summed E-state index contributed by atoms with van der Waals surface area (Å²) in [5.41, 5.74) is 0.851. The summed E-state index contributed by atoms with van der Waals surface area (Å²) < 4.78 is 40.3. The molecule has 19 heavy (non-hydrogen) atoms. The average molecular weight is 267 g/mol. The van der Waals surface area contributed by atoms with Crippen LogP contribution in [0, 0.1) is 0 Å². The van der Waals surface area contributed by atoms with Crippen molar-refractivity contribution in [3.05, 3.63) is 48.2 Å². The number of fused-ring (bicyclic) bond motifs is 1. The van der Waals surface area contributed by atoms with Crippen molar-refractivity contribution in [3.8, 4) is 0 Å². The summed E-state index contributed by atoms with van der Waals surface area (Å²) in [6.07, 6.45) is -2.97. The lowest BCUT2D eigenvalue weighted by molar-refractivity contribution is -0.173. The molecule has 2 aromatic rings. The smallest absolute Gasteiger partial charge is 0.363 e. The molecule has 1 aliphatic heterocycles. The second-order valence-corrected chi connectivity index (χ2v) is 4.56. The Morgan fingerprint density at radius 2 is 1.89 bits per heavy atom. The molecular formula is C13H12F3N3.